The highest BCUT2D eigenvalue weighted by Gasteiger charge is 2.15. The minimum atomic E-state index is 0.426. The molecule has 0 saturated heterocycles. The van der Waals surface area contributed by atoms with E-state index in [-0.39, 0.29) is 0 Å². The summed E-state index contributed by atoms with van der Waals surface area (Å²) in [4.78, 5) is 4.58. The molecule has 0 fully saturated rings. The SMILES string of the molecule is CCOc1ccc(-c2nc(-c3cccc(-c4ccnn4C)c3)no2)cc1OCC. The number of hydrogen-bond donors (Lipinski definition) is 0. The number of aryl methyl sites for hydroxylation is 1. The topological polar surface area (TPSA) is 75.2 Å². The van der Waals surface area contributed by atoms with Crippen LogP contribution in [0.15, 0.2) is 59.3 Å². The van der Waals surface area contributed by atoms with Crippen molar-refractivity contribution < 1.29 is 14.0 Å². The molecule has 0 bridgehead atoms. The summed E-state index contributed by atoms with van der Waals surface area (Å²) in [5, 5.41) is 8.39. The van der Waals surface area contributed by atoms with Gasteiger partial charge in [-0.1, -0.05) is 23.4 Å². The number of benzene rings is 2. The normalized spacial score (nSPS) is 10.9. The summed E-state index contributed by atoms with van der Waals surface area (Å²) in [6.07, 6.45) is 1.77. The first-order chi connectivity index (χ1) is 14.2. The van der Waals surface area contributed by atoms with Crippen LogP contribution >= 0.6 is 0 Å². The first kappa shape index (κ1) is 18.7. The molecular weight excluding hydrogens is 368 g/mol. The molecule has 4 aromatic rings. The molecule has 0 spiro atoms. The van der Waals surface area contributed by atoms with E-state index in [2.05, 4.69) is 15.2 Å². The molecule has 0 aliphatic carbocycles. The Balaban J connectivity index is 1.65. The highest BCUT2D eigenvalue weighted by atomic mass is 16.5. The third-order valence-electron chi connectivity index (χ3n) is 4.45. The number of aromatic nitrogens is 4. The highest BCUT2D eigenvalue weighted by molar-refractivity contribution is 5.69. The van der Waals surface area contributed by atoms with Crippen LogP contribution in [0, 0.1) is 0 Å². The zero-order chi connectivity index (χ0) is 20.2. The molecule has 29 heavy (non-hydrogen) atoms. The van der Waals surface area contributed by atoms with Crippen LogP contribution in [0.1, 0.15) is 13.8 Å². The van der Waals surface area contributed by atoms with Crippen molar-refractivity contribution >= 4 is 0 Å². The van der Waals surface area contributed by atoms with E-state index < -0.39 is 0 Å². The fourth-order valence-electron chi connectivity index (χ4n) is 3.12. The van der Waals surface area contributed by atoms with Gasteiger partial charge in [-0.3, -0.25) is 4.68 Å². The van der Waals surface area contributed by atoms with Crippen LogP contribution in [0.3, 0.4) is 0 Å². The van der Waals surface area contributed by atoms with E-state index >= 15 is 0 Å². The molecule has 2 aromatic heterocycles. The second kappa shape index (κ2) is 8.18. The van der Waals surface area contributed by atoms with Crippen LogP contribution in [0.5, 0.6) is 11.5 Å². The lowest BCUT2D eigenvalue weighted by Gasteiger charge is -2.11. The lowest BCUT2D eigenvalue weighted by atomic mass is 10.1. The van der Waals surface area contributed by atoms with E-state index in [1.54, 1.807) is 6.20 Å². The van der Waals surface area contributed by atoms with Gasteiger partial charge in [-0.2, -0.15) is 10.1 Å². The Hall–Kier alpha value is -3.61. The molecule has 2 heterocycles. The van der Waals surface area contributed by atoms with Crippen molar-refractivity contribution in [1.82, 2.24) is 19.9 Å². The van der Waals surface area contributed by atoms with Crippen molar-refractivity contribution in [2.45, 2.75) is 13.8 Å². The van der Waals surface area contributed by atoms with Gasteiger partial charge in [0.15, 0.2) is 11.5 Å². The standard InChI is InChI=1S/C22H22N4O3/c1-4-27-19-10-9-17(14-20(19)28-5-2)22-24-21(25-29-22)16-8-6-7-15(13-16)18-11-12-23-26(18)3/h6-14H,4-5H2,1-3H3. The molecule has 0 amide bonds. The van der Waals surface area contributed by atoms with Gasteiger partial charge in [0, 0.05) is 29.9 Å². The third kappa shape index (κ3) is 3.85. The van der Waals surface area contributed by atoms with Crippen LogP contribution in [-0.4, -0.2) is 33.1 Å². The lowest BCUT2D eigenvalue weighted by molar-refractivity contribution is 0.288. The van der Waals surface area contributed by atoms with Crippen LogP contribution < -0.4 is 9.47 Å². The third-order valence-corrected chi connectivity index (χ3v) is 4.45. The molecule has 7 heteroatoms. The van der Waals surface area contributed by atoms with E-state index in [1.807, 2.05) is 74.1 Å². The fraction of sp³-hybridized carbons (Fsp3) is 0.227. The molecule has 2 aromatic carbocycles. The van der Waals surface area contributed by atoms with Crippen molar-refractivity contribution in [3.63, 3.8) is 0 Å². The molecule has 0 N–H and O–H groups in total. The largest absolute Gasteiger partial charge is 0.490 e. The quantitative estimate of drug-likeness (QED) is 0.459. The Morgan fingerprint density at radius 3 is 2.45 bits per heavy atom. The molecule has 4 rings (SSSR count). The highest BCUT2D eigenvalue weighted by Crippen LogP contribution is 2.33. The van der Waals surface area contributed by atoms with E-state index in [0.717, 1.165) is 22.4 Å². The summed E-state index contributed by atoms with van der Waals surface area (Å²) >= 11 is 0. The zero-order valence-electron chi connectivity index (χ0n) is 16.6. The van der Waals surface area contributed by atoms with Gasteiger partial charge >= 0.3 is 0 Å². The molecular formula is C22H22N4O3. The van der Waals surface area contributed by atoms with Crippen molar-refractivity contribution in [2.24, 2.45) is 7.05 Å². The molecule has 0 atom stereocenters. The second-order valence-corrected chi connectivity index (χ2v) is 6.37. The van der Waals surface area contributed by atoms with Crippen molar-refractivity contribution in [1.29, 1.82) is 0 Å². The molecule has 0 aliphatic heterocycles. The van der Waals surface area contributed by atoms with Crippen molar-refractivity contribution in [3.8, 4) is 45.6 Å². The first-order valence-corrected chi connectivity index (χ1v) is 9.52. The minimum Gasteiger partial charge on any atom is -0.490 e. The number of nitrogens with zero attached hydrogens (tertiary/aromatic N) is 4. The fourth-order valence-corrected chi connectivity index (χ4v) is 3.12. The van der Waals surface area contributed by atoms with Crippen LogP contribution in [0.2, 0.25) is 0 Å². The average Bonchev–Trinajstić information content (AvgIpc) is 3.39. The first-order valence-electron chi connectivity index (χ1n) is 9.52. The maximum atomic E-state index is 5.69. The molecule has 7 nitrogen and oxygen atoms in total. The summed E-state index contributed by atoms with van der Waals surface area (Å²) in [6.45, 7) is 4.98. The molecule has 0 radical (unpaired) electrons. The van der Waals surface area contributed by atoms with E-state index in [9.17, 15) is 0 Å². The summed E-state index contributed by atoms with van der Waals surface area (Å²) < 4.78 is 18.6. The zero-order valence-corrected chi connectivity index (χ0v) is 16.6. The van der Waals surface area contributed by atoms with Gasteiger partial charge in [-0.05, 0) is 44.2 Å². The smallest absolute Gasteiger partial charge is 0.258 e. The van der Waals surface area contributed by atoms with Gasteiger partial charge in [-0.25, -0.2) is 0 Å². The van der Waals surface area contributed by atoms with E-state index in [1.165, 1.54) is 0 Å². The van der Waals surface area contributed by atoms with Crippen molar-refractivity contribution in [2.75, 3.05) is 13.2 Å². The predicted octanol–water partition coefficient (Wildman–Crippen LogP) is 4.60. The molecule has 0 aliphatic rings. The number of rotatable bonds is 7. The summed E-state index contributed by atoms with van der Waals surface area (Å²) in [7, 11) is 1.91. The van der Waals surface area contributed by atoms with E-state index in [4.69, 9.17) is 14.0 Å². The van der Waals surface area contributed by atoms with Gasteiger partial charge < -0.3 is 14.0 Å². The molecule has 148 valence electrons. The summed E-state index contributed by atoms with van der Waals surface area (Å²) in [5.41, 5.74) is 3.70. The number of ether oxygens (including phenoxy) is 2. The average molecular weight is 390 g/mol. The lowest BCUT2D eigenvalue weighted by Crippen LogP contribution is -1.98. The second-order valence-electron chi connectivity index (χ2n) is 6.37. The van der Waals surface area contributed by atoms with Crippen LogP contribution in [0.4, 0.5) is 0 Å². The summed E-state index contributed by atoms with van der Waals surface area (Å²) in [5.74, 6) is 2.30. The predicted molar refractivity (Wildman–Crippen MR) is 110 cm³/mol. The van der Waals surface area contributed by atoms with E-state index in [0.29, 0.717) is 36.4 Å². The Kier molecular flexibility index (Phi) is 5.29. The monoisotopic (exact) mass is 390 g/mol. The Labute approximate surface area is 168 Å². The summed E-state index contributed by atoms with van der Waals surface area (Å²) in [6, 6.07) is 15.6. The molecule has 0 unspecified atom stereocenters. The van der Waals surface area contributed by atoms with Crippen molar-refractivity contribution in [3.05, 3.63) is 54.7 Å². The van der Waals surface area contributed by atoms with Gasteiger partial charge in [0.1, 0.15) is 0 Å². The molecule has 0 saturated carbocycles. The maximum absolute atomic E-state index is 5.69. The Bertz CT molecular complexity index is 1120. The van der Waals surface area contributed by atoms with Gasteiger partial charge in [0.05, 0.1) is 18.9 Å². The van der Waals surface area contributed by atoms with Gasteiger partial charge in [-0.15, -0.1) is 0 Å². The maximum Gasteiger partial charge on any atom is 0.258 e. The van der Waals surface area contributed by atoms with Crippen LogP contribution in [0.25, 0.3) is 34.1 Å². The Morgan fingerprint density at radius 2 is 1.69 bits per heavy atom. The van der Waals surface area contributed by atoms with Crippen LogP contribution in [-0.2, 0) is 7.05 Å². The Morgan fingerprint density at radius 1 is 0.897 bits per heavy atom. The van der Waals surface area contributed by atoms with Gasteiger partial charge in [0.2, 0.25) is 5.82 Å². The number of hydrogen-bond acceptors (Lipinski definition) is 6. The minimum absolute atomic E-state index is 0.426. The van der Waals surface area contributed by atoms with Gasteiger partial charge in [0.25, 0.3) is 5.89 Å².